The lowest BCUT2D eigenvalue weighted by Gasteiger charge is -2.29. The van der Waals surface area contributed by atoms with E-state index >= 15 is 0 Å². The van der Waals surface area contributed by atoms with Gasteiger partial charge in [0.25, 0.3) is 0 Å². The Kier molecular flexibility index (Phi) is 4.22. The van der Waals surface area contributed by atoms with Crippen LogP contribution in [0, 0.1) is 5.92 Å². The van der Waals surface area contributed by atoms with Gasteiger partial charge in [0.1, 0.15) is 5.41 Å². The van der Waals surface area contributed by atoms with Crippen LogP contribution >= 0.6 is 0 Å². The van der Waals surface area contributed by atoms with Crippen molar-refractivity contribution in [1.82, 2.24) is 0 Å². The standard InChI is InChI=1S/C20H22O3/c1-14(2)12-23-13-20(19(21)22-3)17-10-6-4-8-15(17)16-9-5-7-11-18(16)20/h4-11,14H,12-13H2,1-3H3. The number of rotatable bonds is 5. The molecule has 0 heterocycles. The number of hydrogen-bond donors (Lipinski definition) is 0. The molecule has 1 aliphatic rings. The first-order valence-electron chi connectivity index (χ1n) is 7.97. The van der Waals surface area contributed by atoms with Crippen LogP contribution in [0.1, 0.15) is 25.0 Å². The molecule has 2 aromatic carbocycles. The van der Waals surface area contributed by atoms with Crippen molar-refractivity contribution < 1.29 is 14.3 Å². The minimum atomic E-state index is -0.878. The Labute approximate surface area is 137 Å². The van der Waals surface area contributed by atoms with Crippen LogP contribution in [0.15, 0.2) is 48.5 Å². The Hall–Kier alpha value is -2.13. The monoisotopic (exact) mass is 310 g/mol. The first-order valence-corrected chi connectivity index (χ1v) is 7.97. The number of ether oxygens (including phenoxy) is 2. The van der Waals surface area contributed by atoms with E-state index in [-0.39, 0.29) is 5.97 Å². The molecule has 0 unspecified atom stereocenters. The zero-order valence-corrected chi connectivity index (χ0v) is 13.8. The Bertz CT molecular complexity index is 673. The van der Waals surface area contributed by atoms with Crippen LogP contribution in [-0.2, 0) is 19.7 Å². The molecule has 2 aromatic rings. The number of benzene rings is 2. The molecular formula is C20H22O3. The molecule has 3 heteroatoms. The molecule has 0 aromatic heterocycles. The molecule has 3 nitrogen and oxygen atoms in total. The Balaban J connectivity index is 2.16. The second kappa shape index (κ2) is 6.17. The fourth-order valence-corrected chi connectivity index (χ4v) is 3.38. The van der Waals surface area contributed by atoms with Gasteiger partial charge in [-0.25, -0.2) is 0 Å². The highest BCUT2D eigenvalue weighted by atomic mass is 16.5. The third-order valence-electron chi connectivity index (χ3n) is 4.37. The second-order valence-corrected chi connectivity index (χ2v) is 6.40. The summed E-state index contributed by atoms with van der Waals surface area (Å²) in [7, 11) is 1.44. The molecular weight excluding hydrogens is 288 g/mol. The maximum absolute atomic E-state index is 12.8. The molecule has 23 heavy (non-hydrogen) atoms. The van der Waals surface area contributed by atoms with Crippen LogP contribution in [0.4, 0.5) is 0 Å². The van der Waals surface area contributed by atoms with E-state index in [0.717, 1.165) is 22.3 Å². The first kappa shape index (κ1) is 15.8. The molecule has 1 aliphatic carbocycles. The van der Waals surface area contributed by atoms with Gasteiger partial charge in [0.15, 0.2) is 0 Å². The topological polar surface area (TPSA) is 35.5 Å². The lowest BCUT2D eigenvalue weighted by atomic mass is 9.79. The van der Waals surface area contributed by atoms with Crippen LogP contribution in [0.5, 0.6) is 0 Å². The molecule has 3 rings (SSSR count). The molecule has 0 saturated carbocycles. The average Bonchev–Trinajstić information content (AvgIpc) is 2.86. The summed E-state index contributed by atoms with van der Waals surface area (Å²) in [5, 5.41) is 0. The quantitative estimate of drug-likeness (QED) is 0.788. The summed E-state index contributed by atoms with van der Waals surface area (Å²) in [6, 6.07) is 16.0. The van der Waals surface area contributed by atoms with Gasteiger partial charge in [-0.15, -0.1) is 0 Å². The van der Waals surface area contributed by atoms with Crippen molar-refractivity contribution in [3.05, 3.63) is 59.7 Å². The second-order valence-electron chi connectivity index (χ2n) is 6.40. The van der Waals surface area contributed by atoms with Crippen LogP contribution in [0.25, 0.3) is 11.1 Å². The fraction of sp³-hybridized carbons (Fsp3) is 0.350. The van der Waals surface area contributed by atoms with Crippen LogP contribution < -0.4 is 0 Å². The number of methoxy groups -OCH3 is 1. The average molecular weight is 310 g/mol. The van der Waals surface area contributed by atoms with Crippen LogP contribution in [0.3, 0.4) is 0 Å². The highest BCUT2D eigenvalue weighted by Gasteiger charge is 2.50. The van der Waals surface area contributed by atoms with Crippen molar-refractivity contribution in [3.63, 3.8) is 0 Å². The molecule has 0 atom stereocenters. The van der Waals surface area contributed by atoms with Gasteiger partial charge in [-0.2, -0.15) is 0 Å². The molecule has 0 N–H and O–H groups in total. The SMILES string of the molecule is COC(=O)C1(COCC(C)C)c2ccccc2-c2ccccc21. The van der Waals surface area contributed by atoms with E-state index in [1.54, 1.807) is 0 Å². The summed E-state index contributed by atoms with van der Waals surface area (Å²) in [5.74, 6) is 0.148. The molecule has 0 radical (unpaired) electrons. The lowest BCUT2D eigenvalue weighted by molar-refractivity contribution is -0.148. The summed E-state index contributed by atoms with van der Waals surface area (Å²) in [6.45, 7) is 5.11. The van der Waals surface area contributed by atoms with E-state index in [1.807, 2.05) is 36.4 Å². The molecule has 120 valence electrons. The third kappa shape index (κ3) is 2.45. The summed E-state index contributed by atoms with van der Waals surface area (Å²) >= 11 is 0. The number of hydrogen-bond acceptors (Lipinski definition) is 3. The Morgan fingerprint density at radius 3 is 2.00 bits per heavy atom. The van der Waals surface area contributed by atoms with E-state index < -0.39 is 5.41 Å². The van der Waals surface area contributed by atoms with E-state index in [1.165, 1.54) is 7.11 Å². The molecule has 0 spiro atoms. The normalized spacial score (nSPS) is 14.4. The number of carbonyl (C=O) groups is 1. The van der Waals surface area contributed by atoms with Gasteiger partial charge in [0.05, 0.1) is 13.7 Å². The number of carbonyl (C=O) groups excluding carboxylic acids is 1. The van der Waals surface area contributed by atoms with Crippen LogP contribution in [0.2, 0.25) is 0 Å². The number of fused-ring (bicyclic) bond motifs is 3. The van der Waals surface area contributed by atoms with E-state index in [4.69, 9.17) is 9.47 Å². The van der Waals surface area contributed by atoms with Gasteiger partial charge in [-0.3, -0.25) is 4.79 Å². The zero-order chi connectivity index (χ0) is 16.4. The summed E-state index contributed by atoms with van der Waals surface area (Å²) < 4.78 is 11.1. The predicted molar refractivity (Wildman–Crippen MR) is 90.3 cm³/mol. The van der Waals surface area contributed by atoms with Gasteiger partial charge in [0.2, 0.25) is 0 Å². The van der Waals surface area contributed by atoms with E-state index in [0.29, 0.717) is 19.1 Å². The molecule has 0 saturated heterocycles. The zero-order valence-electron chi connectivity index (χ0n) is 13.8. The van der Waals surface area contributed by atoms with Gasteiger partial charge >= 0.3 is 5.97 Å². The largest absolute Gasteiger partial charge is 0.468 e. The predicted octanol–water partition coefficient (Wildman–Crippen LogP) is 3.80. The van der Waals surface area contributed by atoms with Crippen molar-refractivity contribution in [1.29, 1.82) is 0 Å². The Morgan fingerprint density at radius 1 is 1.00 bits per heavy atom. The third-order valence-corrected chi connectivity index (χ3v) is 4.37. The molecule has 0 amide bonds. The smallest absolute Gasteiger partial charge is 0.323 e. The highest BCUT2D eigenvalue weighted by Crippen LogP contribution is 2.49. The highest BCUT2D eigenvalue weighted by molar-refractivity contribution is 5.98. The van der Waals surface area contributed by atoms with E-state index in [2.05, 4.69) is 26.0 Å². The van der Waals surface area contributed by atoms with Gasteiger partial charge in [-0.05, 0) is 28.2 Å². The van der Waals surface area contributed by atoms with E-state index in [9.17, 15) is 4.79 Å². The minimum Gasteiger partial charge on any atom is -0.468 e. The Morgan fingerprint density at radius 2 is 1.52 bits per heavy atom. The molecule has 0 fully saturated rings. The van der Waals surface area contributed by atoms with Crippen molar-refractivity contribution in [2.75, 3.05) is 20.3 Å². The lowest BCUT2D eigenvalue weighted by Crippen LogP contribution is -2.41. The summed E-state index contributed by atoms with van der Waals surface area (Å²) in [4.78, 5) is 12.8. The maximum Gasteiger partial charge on any atom is 0.323 e. The van der Waals surface area contributed by atoms with Gasteiger partial charge < -0.3 is 9.47 Å². The summed E-state index contributed by atoms with van der Waals surface area (Å²) in [6.07, 6.45) is 0. The van der Waals surface area contributed by atoms with Gasteiger partial charge in [0, 0.05) is 6.61 Å². The van der Waals surface area contributed by atoms with Crippen molar-refractivity contribution in [2.24, 2.45) is 5.92 Å². The summed E-state index contributed by atoms with van der Waals surface area (Å²) in [5.41, 5.74) is 3.23. The molecule has 0 aliphatic heterocycles. The van der Waals surface area contributed by atoms with Crippen molar-refractivity contribution >= 4 is 5.97 Å². The van der Waals surface area contributed by atoms with Gasteiger partial charge in [-0.1, -0.05) is 62.4 Å². The first-order chi connectivity index (χ1) is 11.1. The number of esters is 1. The molecule has 0 bridgehead atoms. The van der Waals surface area contributed by atoms with Crippen molar-refractivity contribution in [2.45, 2.75) is 19.3 Å². The van der Waals surface area contributed by atoms with Crippen molar-refractivity contribution in [3.8, 4) is 11.1 Å². The van der Waals surface area contributed by atoms with Crippen LogP contribution in [-0.4, -0.2) is 26.3 Å². The minimum absolute atomic E-state index is 0.265. The maximum atomic E-state index is 12.8. The fourth-order valence-electron chi connectivity index (χ4n) is 3.38.